The normalized spacial score (nSPS) is 12.8. The van der Waals surface area contributed by atoms with E-state index in [-0.39, 0.29) is 21.1 Å². The third-order valence-corrected chi connectivity index (χ3v) is 6.46. The Kier molecular flexibility index (Phi) is 6.04. The molecule has 1 aromatic carbocycles. The third kappa shape index (κ3) is 4.52. The second-order valence-corrected chi connectivity index (χ2v) is 8.50. The Bertz CT molecular complexity index is 1450. The van der Waals surface area contributed by atoms with Crippen LogP contribution in [0.3, 0.4) is 0 Å². The number of pyridine rings is 1. The summed E-state index contributed by atoms with van der Waals surface area (Å²) in [5, 5.41) is 9.68. The molecular weight excluding hydrogens is 483 g/mol. The molecule has 3 heterocycles. The van der Waals surface area contributed by atoms with Crippen molar-refractivity contribution in [2.45, 2.75) is 25.7 Å². The molecule has 0 aliphatic heterocycles. The number of fused-ring (bicyclic) bond motifs is 1. The Labute approximate surface area is 192 Å². The first-order chi connectivity index (χ1) is 15.6. The summed E-state index contributed by atoms with van der Waals surface area (Å²) in [6.45, 7) is 0.540. The number of rotatable bonds is 5. The summed E-state index contributed by atoms with van der Waals surface area (Å²) in [4.78, 5) is 31.4. The molecule has 4 aromatic rings. The predicted molar refractivity (Wildman–Crippen MR) is 118 cm³/mol. The highest BCUT2D eigenvalue weighted by molar-refractivity contribution is 7.22. The van der Waals surface area contributed by atoms with E-state index in [9.17, 15) is 27.9 Å². The number of aliphatic hydroxyl groups is 1. The van der Waals surface area contributed by atoms with Gasteiger partial charge in [-0.15, -0.1) is 11.3 Å². The number of ether oxygens (including phenoxy) is 1. The zero-order valence-corrected chi connectivity index (χ0v) is 18.4. The van der Waals surface area contributed by atoms with Gasteiger partial charge in [-0.2, -0.15) is 13.2 Å². The van der Waals surface area contributed by atoms with Crippen LogP contribution in [0.5, 0.6) is 11.6 Å². The quantitative estimate of drug-likeness (QED) is 0.423. The summed E-state index contributed by atoms with van der Waals surface area (Å²) in [7, 11) is 0. The van der Waals surface area contributed by atoms with Gasteiger partial charge in [0.1, 0.15) is 15.6 Å². The van der Waals surface area contributed by atoms with Crippen LogP contribution in [0.1, 0.15) is 5.56 Å². The lowest BCUT2D eigenvalue weighted by Crippen LogP contribution is -2.38. The molecule has 33 heavy (non-hydrogen) atoms. The number of aryl methyl sites for hydroxylation is 1. The molecule has 0 fully saturated rings. The van der Waals surface area contributed by atoms with Crippen molar-refractivity contribution in [1.29, 1.82) is 0 Å². The number of aromatic nitrogens is 3. The van der Waals surface area contributed by atoms with E-state index in [1.165, 1.54) is 6.20 Å². The number of aliphatic hydroxyl groups excluding tert-OH is 1. The van der Waals surface area contributed by atoms with E-state index in [2.05, 4.69) is 4.98 Å². The second-order valence-electron chi connectivity index (χ2n) is 7.09. The average molecular weight is 498 g/mol. The van der Waals surface area contributed by atoms with E-state index in [4.69, 9.17) is 16.3 Å². The Morgan fingerprint density at radius 2 is 1.97 bits per heavy atom. The van der Waals surface area contributed by atoms with E-state index in [1.807, 2.05) is 11.1 Å². The molecule has 172 valence electrons. The minimum absolute atomic E-state index is 0.000263. The summed E-state index contributed by atoms with van der Waals surface area (Å²) >= 11 is 7.25. The van der Waals surface area contributed by atoms with Gasteiger partial charge >= 0.3 is 11.9 Å². The first-order valence-electron chi connectivity index (χ1n) is 9.46. The van der Waals surface area contributed by atoms with Crippen molar-refractivity contribution in [2.24, 2.45) is 0 Å². The van der Waals surface area contributed by atoms with E-state index in [0.717, 1.165) is 11.3 Å². The number of hydrogen-bond donors (Lipinski definition) is 2. The monoisotopic (exact) mass is 497 g/mol. The lowest BCUT2D eigenvalue weighted by molar-refractivity contribution is -0.207. The van der Waals surface area contributed by atoms with Crippen molar-refractivity contribution < 1.29 is 23.0 Å². The Hall–Kier alpha value is -3.15. The number of halogens is 4. The Morgan fingerprint density at radius 1 is 1.27 bits per heavy atom. The van der Waals surface area contributed by atoms with Gasteiger partial charge in [-0.25, -0.2) is 9.78 Å². The average Bonchev–Trinajstić information content (AvgIpc) is 3.10. The van der Waals surface area contributed by atoms with Gasteiger partial charge in [-0.3, -0.25) is 14.3 Å². The van der Waals surface area contributed by atoms with Gasteiger partial charge in [0, 0.05) is 16.6 Å². The number of H-pyrrole nitrogens is 1. The van der Waals surface area contributed by atoms with Gasteiger partial charge in [0.2, 0.25) is 5.88 Å². The van der Waals surface area contributed by atoms with Crippen LogP contribution >= 0.6 is 22.9 Å². The van der Waals surface area contributed by atoms with Gasteiger partial charge in [-0.05, 0) is 30.7 Å². The summed E-state index contributed by atoms with van der Waals surface area (Å²) < 4.78 is 44.9. The fraction of sp³-hybridized carbons (Fsp3) is 0.190. The first-order valence-corrected chi connectivity index (χ1v) is 10.7. The molecule has 0 aliphatic rings. The van der Waals surface area contributed by atoms with Crippen LogP contribution in [0.4, 0.5) is 13.2 Å². The number of hydrogen-bond acceptors (Lipinski definition) is 6. The number of nitrogens with zero attached hydrogens (tertiary/aromatic N) is 2. The molecule has 7 nitrogen and oxygen atoms in total. The van der Waals surface area contributed by atoms with E-state index < -0.39 is 30.1 Å². The molecule has 0 aliphatic carbocycles. The van der Waals surface area contributed by atoms with Gasteiger partial charge in [0.25, 0.3) is 5.56 Å². The van der Waals surface area contributed by atoms with Crippen LogP contribution in [0, 0.1) is 6.92 Å². The molecule has 0 bridgehead atoms. The number of alkyl halides is 3. The smallest absolute Gasteiger partial charge is 0.416 e. The van der Waals surface area contributed by atoms with Crippen LogP contribution in [-0.2, 0) is 6.54 Å². The lowest BCUT2D eigenvalue weighted by Gasteiger charge is -2.15. The molecule has 12 heteroatoms. The van der Waals surface area contributed by atoms with Crippen LogP contribution < -0.4 is 16.0 Å². The number of benzene rings is 1. The minimum atomic E-state index is -4.93. The van der Waals surface area contributed by atoms with Gasteiger partial charge in [0.05, 0.1) is 11.9 Å². The maximum Gasteiger partial charge on any atom is 0.416 e. The number of para-hydroxylation sites is 1. The minimum Gasteiger partial charge on any atom is -0.438 e. The van der Waals surface area contributed by atoms with Gasteiger partial charge in [-0.1, -0.05) is 29.8 Å². The predicted octanol–water partition coefficient (Wildman–Crippen LogP) is 4.49. The Morgan fingerprint density at radius 3 is 2.61 bits per heavy atom. The molecule has 0 amide bonds. The number of aromatic amines is 1. The largest absolute Gasteiger partial charge is 0.438 e. The van der Waals surface area contributed by atoms with Crippen molar-refractivity contribution in [3.05, 3.63) is 74.0 Å². The topological polar surface area (TPSA) is 97.2 Å². The van der Waals surface area contributed by atoms with Crippen molar-refractivity contribution in [3.63, 3.8) is 0 Å². The second kappa shape index (κ2) is 8.65. The highest BCUT2D eigenvalue weighted by Gasteiger charge is 2.39. The molecule has 2 N–H and O–H groups in total. The molecule has 0 saturated heterocycles. The highest BCUT2D eigenvalue weighted by Crippen LogP contribution is 2.39. The van der Waals surface area contributed by atoms with Crippen LogP contribution in [0.2, 0.25) is 5.02 Å². The number of nitrogens with one attached hydrogen (secondary N) is 1. The lowest BCUT2D eigenvalue weighted by atomic mass is 10.1. The summed E-state index contributed by atoms with van der Waals surface area (Å²) in [5.41, 5.74) is -0.878. The Balaban J connectivity index is 1.79. The fourth-order valence-corrected chi connectivity index (χ4v) is 4.72. The van der Waals surface area contributed by atoms with E-state index in [1.54, 1.807) is 37.3 Å². The molecule has 3 aromatic heterocycles. The maximum absolute atomic E-state index is 12.9. The van der Waals surface area contributed by atoms with Crippen molar-refractivity contribution in [1.82, 2.24) is 14.5 Å². The van der Waals surface area contributed by atoms with Crippen LogP contribution in [-0.4, -0.2) is 31.9 Å². The number of thiophene rings is 1. The zero-order chi connectivity index (χ0) is 23.9. The SMILES string of the molecule is Cc1c(-c2cnc(Oc3ccccc3)c(Cl)c2)sc2c1c(=O)[nH]c(=O)n2CC(O)C(F)(F)F. The molecule has 0 spiro atoms. The van der Waals surface area contributed by atoms with Gasteiger partial charge in [0.15, 0.2) is 6.10 Å². The molecule has 0 radical (unpaired) electrons. The summed E-state index contributed by atoms with van der Waals surface area (Å²) in [6, 6.07) is 10.4. The molecule has 1 atom stereocenters. The summed E-state index contributed by atoms with van der Waals surface area (Å²) in [6.07, 6.45) is -6.26. The molecular formula is C21H15ClF3N3O4S. The molecule has 0 saturated carbocycles. The zero-order valence-electron chi connectivity index (χ0n) is 16.8. The third-order valence-electron chi connectivity index (χ3n) is 4.83. The van der Waals surface area contributed by atoms with Crippen molar-refractivity contribution >= 4 is 33.2 Å². The molecule has 1 unspecified atom stereocenters. The van der Waals surface area contributed by atoms with E-state index in [0.29, 0.717) is 26.3 Å². The summed E-state index contributed by atoms with van der Waals surface area (Å²) in [5.74, 6) is 0.671. The molecule has 4 rings (SSSR count). The van der Waals surface area contributed by atoms with Crippen LogP contribution in [0.15, 0.2) is 52.2 Å². The first kappa shape index (κ1) is 23.0. The fourth-order valence-electron chi connectivity index (χ4n) is 3.22. The van der Waals surface area contributed by atoms with Crippen molar-refractivity contribution in [2.75, 3.05) is 0 Å². The van der Waals surface area contributed by atoms with E-state index >= 15 is 0 Å². The van der Waals surface area contributed by atoms with Crippen molar-refractivity contribution in [3.8, 4) is 22.1 Å². The van der Waals surface area contributed by atoms with Gasteiger partial charge < -0.3 is 9.84 Å². The maximum atomic E-state index is 12.9. The standard InChI is InChI=1S/C21H15ClF3N3O4S/c1-10-15-17(30)27-20(31)28(9-14(29)21(23,24)25)19(15)33-16(10)11-7-13(22)18(26-8-11)32-12-5-3-2-4-6-12/h2-8,14,29H,9H2,1H3,(H,27,30,31). The van der Waals surface area contributed by atoms with Crippen LogP contribution in [0.25, 0.3) is 20.7 Å². The highest BCUT2D eigenvalue weighted by atomic mass is 35.5.